The molecule has 18 heavy (non-hydrogen) atoms. The number of thiophene rings is 1. The van der Waals surface area contributed by atoms with Gasteiger partial charge in [0, 0.05) is 29.6 Å². The summed E-state index contributed by atoms with van der Waals surface area (Å²) in [7, 11) is 0. The minimum absolute atomic E-state index is 0.170. The van der Waals surface area contributed by atoms with Crippen molar-refractivity contribution in [3.05, 3.63) is 44.1 Å². The van der Waals surface area contributed by atoms with Crippen molar-refractivity contribution in [3.8, 4) is 0 Å². The van der Waals surface area contributed by atoms with Crippen molar-refractivity contribution >= 4 is 16.3 Å². The molecular weight excluding hydrogens is 254 g/mol. The fourth-order valence-electron chi connectivity index (χ4n) is 1.62. The smallest absolute Gasteiger partial charge is 0.324 e. The van der Waals surface area contributed by atoms with Crippen molar-refractivity contribution in [1.29, 1.82) is 0 Å². The second-order valence-electron chi connectivity index (χ2n) is 3.90. The summed E-state index contributed by atoms with van der Waals surface area (Å²) >= 11 is 1.19. The standard InChI is InChI=1S/C11H13N3O3S/c1-7-10(8(2)17-13-7)6-12-5-9-3-4-11(18-9)14(15)16/h3-4,12H,5-6H2,1-2H3. The van der Waals surface area contributed by atoms with Gasteiger partial charge in [0.2, 0.25) is 0 Å². The van der Waals surface area contributed by atoms with Gasteiger partial charge >= 0.3 is 5.00 Å². The molecule has 0 saturated carbocycles. The maximum Gasteiger partial charge on any atom is 0.324 e. The van der Waals surface area contributed by atoms with Gasteiger partial charge in [0.1, 0.15) is 5.76 Å². The predicted molar refractivity (Wildman–Crippen MR) is 67.5 cm³/mol. The van der Waals surface area contributed by atoms with Gasteiger partial charge in [-0.15, -0.1) is 0 Å². The van der Waals surface area contributed by atoms with E-state index >= 15 is 0 Å². The van der Waals surface area contributed by atoms with Gasteiger partial charge in [-0.25, -0.2) is 0 Å². The van der Waals surface area contributed by atoms with Crippen molar-refractivity contribution in [2.24, 2.45) is 0 Å². The van der Waals surface area contributed by atoms with Gasteiger partial charge in [-0.2, -0.15) is 0 Å². The Balaban J connectivity index is 1.90. The van der Waals surface area contributed by atoms with E-state index in [4.69, 9.17) is 4.52 Å². The zero-order valence-electron chi connectivity index (χ0n) is 10.1. The molecule has 2 heterocycles. The van der Waals surface area contributed by atoms with Crippen molar-refractivity contribution in [2.75, 3.05) is 0 Å². The van der Waals surface area contributed by atoms with E-state index in [9.17, 15) is 10.1 Å². The van der Waals surface area contributed by atoms with Crippen LogP contribution in [0.1, 0.15) is 21.9 Å². The average molecular weight is 267 g/mol. The Morgan fingerprint density at radius 3 is 2.78 bits per heavy atom. The first kappa shape index (κ1) is 12.7. The lowest BCUT2D eigenvalue weighted by atomic mass is 10.2. The lowest BCUT2D eigenvalue weighted by molar-refractivity contribution is -0.380. The Kier molecular flexibility index (Phi) is 3.73. The van der Waals surface area contributed by atoms with Gasteiger partial charge in [-0.05, 0) is 19.9 Å². The number of hydrogen-bond acceptors (Lipinski definition) is 6. The van der Waals surface area contributed by atoms with Crippen molar-refractivity contribution in [1.82, 2.24) is 10.5 Å². The van der Waals surface area contributed by atoms with Gasteiger partial charge < -0.3 is 9.84 Å². The van der Waals surface area contributed by atoms with E-state index in [1.165, 1.54) is 17.4 Å². The fraction of sp³-hybridized carbons (Fsp3) is 0.364. The monoisotopic (exact) mass is 267 g/mol. The molecule has 0 saturated heterocycles. The van der Waals surface area contributed by atoms with Gasteiger partial charge in [-0.1, -0.05) is 16.5 Å². The van der Waals surface area contributed by atoms with Crippen molar-refractivity contribution in [2.45, 2.75) is 26.9 Å². The number of nitro groups is 1. The zero-order chi connectivity index (χ0) is 13.1. The number of aryl methyl sites for hydroxylation is 2. The Hall–Kier alpha value is -1.73. The zero-order valence-corrected chi connectivity index (χ0v) is 10.9. The molecule has 0 amide bonds. The van der Waals surface area contributed by atoms with E-state index in [0.717, 1.165) is 21.9 Å². The first-order valence-corrected chi connectivity index (χ1v) is 6.25. The highest BCUT2D eigenvalue weighted by molar-refractivity contribution is 7.15. The summed E-state index contributed by atoms with van der Waals surface area (Å²) in [5, 5.41) is 17.8. The molecule has 1 N–H and O–H groups in total. The SMILES string of the molecule is Cc1noc(C)c1CNCc1ccc([N+](=O)[O-])s1. The number of hydrogen-bond donors (Lipinski definition) is 1. The molecule has 0 bridgehead atoms. The molecule has 0 fully saturated rings. The van der Waals surface area contributed by atoms with Crippen LogP contribution in [-0.2, 0) is 13.1 Å². The summed E-state index contributed by atoms with van der Waals surface area (Å²) in [6.07, 6.45) is 0. The Morgan fingerprint density at radius 2 is 2.22 bits per heavy atom. The average Bonchev–Trinajstić information content (AvgIpc) is 2.90. The molecule has 2 aromatic heterocycles. The summed E-state index contributed by atoms with van der Waals surface area (Å²) in [6, 6.07) is 3.29. The van der Waals surface area contributed by atoms with Crippen LogP contribution in [-0.4, -0.2) is 10.1 Å². The largest absolute Gasteiger partial charge is 0.361 e. The molecule has 96 valence electrons. The number of nitrogens with one attached hydrogen (secondary N) is 1. The lowest BCUT2D eigenvalue weighted by Gasteiger charge is -2.01. The Morgan fingerprint density at radius 1 is 1.44 bits per heavy atom. The number of aromatic nitrogens is 1. The lowest BCUT2D eigenvalue weighted by Crippen LogP contribution is -2.12. The van der Waals surface area contributed by atoms with Crippen molar-refractivity contribution in [3.63, 3.8) is 0 Å². The summed E-state index contributed by atoms with van der Waals surface area (Å²) < 4.78 is 5.06. The molecule has 2 aromatic rings. The molecule has 0 aliphatic rings. The molecule has 7 heteroatoms. The van der Waals surface area contributed by atoms with Crippen molar-refractivity contribution < 1.29 is 9.45 Å². The van der Waals surface area contributed by atoms with E-state index < -0.39 is 0 Å². The van der Waals surface area contributed by atoms with Crippen LogP contribution in [0, 0.1) is 24.0 Å². The molecule has 2 rings (SSSR count). The number of rotatable bonds is 5. The molecule has 6 nitrogen and oxygen atoms in total. The van der Waals surface area contributed by atoms with Crippen LogP contribution in [0.4, 0.5) is 5.00 Å². The van der Waals surface area contributed by atoms with Crippen LogP contribution in [0.3, 0.4) is 0 Å². The van der Waals surface area contributed by atoms with Gasteiger partial charge in [0.25, 0.3) is 0 Å². The topological polar surface area (TPSA) is 81.2 Å². The minimum Gasteiger partial charge on any atom is -0.361 e. The predicted octanol–water partition coefficient (Wildman–Crippen LogP) is 2.55. The van der Waals surface area contributed by atoms with Crippen LogP contribution in [0.25, 0.3) is 0 Å². The minimum atomic E-state index is -0.373. The normalized spacial score (nSPS) is 10.8. The summed E-state index contributed by atoms with van der Waals surface area (Å²) in [6.45, 7) is 5.01. The summed E-state index contributed by atoms with van der Waals surface area (Å²) in [5.74, 6) is 0.803. The third kappa shape index (κ3) is 2.74. The van der Waals surface area contributed by atoms with Gasteiger partial charge in [0.15, 0.2) is 0 Å². The van der Waals surface area contributed by atoms with E-state index in [0.29, 0.717) is 13.1 Å². The summed E-state index contributed by atoms with van der Waals surface area (Å²) in [5.41, 5.74) is 1.92. The third-order valence-corrected chi connectivity index (χ3v) is 3.65. The maximum atomic E-state index is 10.5. The van der Waals surface area contributed by atoms with Crippen LogP contribution in [0.15, 0.2) is 16.7 Å². The second-order valence-corrected chi connectivity index (χ2v) is 5.05. The quantitative estimate of drug-likeness (QED) is 0.665. The fourth-order valence-corrected chi connectivity index (χ4v) is 2.41. The molecule has 0 aliphatic carbocycles. The van der Waals surface area contributed by atoms with Crippen LogP contribution in [0.2, 0.25) is 0 Å². The van der Waals surface area contributed by atoms with E-state index in [1.807, 2.05) is 13.8 Å². The first-order valence-electron chi connectivity index (χ1n) is 5.43. The Bertz CT molecular complexity index is 542. The van der Waals surface area contributed by atoms with Gasteiger partial charge in [0.05, 0.1) is 10.6 Å². The first-order chi connectivity index (χ1) is 8.58. The maximum absolute atomic E-state index is 10.5. The highest BCUT2D eigenvalue weighted by Gasteiger charge is 2.11. The molecule has 0 atom stereocenters. The van der Waals surface area contributed by atoms with Crippen LogP contribution in [0.5, 0.6) is 0 Å². The van der Waals surface area contributed by atoms with Crippen LogP contribution < -0.4 is 5.32 Å². The highest BCUT2D eigenvalue weighted by atomic mass is 32.1. The van der Waals surface area contributed by atoms with E-state index in [1.54, 1.807) is 6.07 Å². The molecule has 0 spiro atoms. The molecule has 0 unspecified atom stereocenters. The molecule has 0 aromatic carbocycles. The summed E-state index contributed by atoms with van der Waals surface area (Å²) in [4.78, 5) is 11.1. The van der Waals surface area contributed by atoms with E-state index in [2.05, 4.69) is 10.5 Å². The van der Waals surface area contributed by atoms with Crippen LogP contribution >= 0.6 is 11.3 Å². The molecule has 0 aliphatic heterocycles. The Labute approximate surface area is 108 Å². The molecule has 0 radical (unpaired) electrons. The molecular formula is C11H13N3O3S. The number of nitrogens with zero attached hydrogens (tertiary/aromatic N) is 2. The van der Waals surface area contributed by atoms with Gasteiger partial charge in [-0.3, -0.25) is 10.1 Å². The van der Waals surface area contributed by atoms with E-state index in [-0.39, 0.29) is 9.92 Å². The third-order valence-electron chi connectivity index (χ3n) is 2.61. The highest BCUT2D eigenvalue weighted by Crippen LogP contribution is 2.23. The second kappa shape index (κ2) is 5.28.